The third-order valence-corrected chi connectivity index (χ3v) is 2.93. The van der Waals surface area contributed by atoms with Gasteiger partial charge in [-0.05, 0) is 42.4 Å². The van der Waals surface area contributed by atoms with Crippen LogP contribution in [0.4, 0.5) is 0 Å². The minimum absolute atomic E-state index is 0. The highest BCUT2D eigenvalue weighted by Crippen LogP contribution is 2.34. The van der Waals surface area contributed by atoms with E-state index in [1.54, 1.807) is 6.92 Å². The van der Waals surface area contributed by atoms with Gasteiger partial charge < -0.3 is 9.90 Å². The van der Waals surface area contributed by atoms with E-state index in [4.69, 9.17) is 0 Å². The number of carbonyl (C=O) groups is 1. The van der Waals surface area contributed by atoms with Crippen molar-refractivity contribution < 1.29 is 9.90 Å². The smallest absolute Gasteiger partial charge is 0.130 e. The van der Waals surface area contributed by atoms with Gasteiger partial charge in [0.15, 0.2) is 0 Å². The Balaban J connectivity index is 0.00000289. The van der Waals surface area contributed by atoms with Crippen molar-refractivity contribution in [1.82, 2.24) is 0 Å². The lowest BCUT2D eigenvalue weighted by atomic mass is 9.83. The third kappa shape index (κ3) is 4.17. The van der Waals surface area contributed by atoms with E-state index < -0.39 is 0 Å². The van der Waals surface area contributed by atoms with Crippen LogP contribution < -0.4 is 0 Å². The van der Waals surface area contributed by atoms with E-state index in [1.807, 2.05) is 19.1 Å². The number of carbonyl (C=O) groups excluding carboxylic acids is 1. The van der Waals surface area contributed by atoms with Gasteiger partial charge in [-0.2, -0.15) is 0 Å². The lowest BCUT2D eigenvalue weighted by Gasteiger charge is -2.22. The summed E-state index contributed by atoms with van der Waals surface area (Å²) in [7, 11) is 0. The molecule has 0 bridgehead atoms. The second-order valence-electron chi connectivity index (χ2n) is 5.76. The molecule has 0 atom stereocenters. The van der Waals surface area contributed by atoms with Crippen LogP contribution in [0.15, 0.2) is 12.1 Å². The molecule has 0 radical (unpaired) electrons. The Bertz CT molecular complexity index is 425. The highest BCUT2D eigenvalue weighted by molar-refractivity contribution is 5.75. The first-order valence-corrected chi connectivity index (χ1v) is 6.04. The van der Waals surface area contributed by atoms with Crippen molar-refractivity contribution in [3.8, 4) is 5.75 Å². The topological polar surface area (TPSA) is 37.3 Å². The van der Waals surface area contributed by atoms with Crippen LogP contribution in [0.3, 0.4) is 0 Å². The summed E-state index contributed by atoms with van der Waals surface area (Å²) in [5.41, 5.74) is 2.88. The highest BCUT2D eigenvalue weighted by atomic mass is 16.3. The van der Waals surface area contributed by atoms with Crippen LogP contribution >= 0.6 is 0 Å². The second-order valence-corrected chi connectivity index (χ2v) is 5.76. The van der Waals surface area contributed by atoms with Gasteiger partial charge in [0, 0.05) is 6.42 Å². The van der Waals surface area contributed by atoms with Crippen LogP contribution in [0, 0.1) is 6.92 Å². The zero-order valence-corrected chi connectivity index (χ0v) is 11.4. The maximum atomic E-state index is 11.0. The van der Waals surface area contributed by atoms with Crippen molar-refractivity contribution in [2.45, 2.75) is 60.3 Å². The van der Waals surface area contributed by atoms with Gasteiger partial charge in [0.05, 0.1) is 0 Å². The standard InChI is InChI=1S/C15H22O2.CH4/c1-10-8-12(7-6-11(2)16)9-13(14(10)17)15(3,4)5;/h8-9,17H,6-7H2,1-5H3;1H4. The molecule has 0 heterocycles. The molecule has 0 aromatic heterocycles. The summed E-state index contributed by atoms with van der Waals surface area (Å²) in [6, 6.07) is 3.98. The van der Waals surface area contributed by atoms with Gasteiger partial charge in [-0.15, -0.1) is 0 Å². The summed E-state index contributed by atoms with van der Waals surface area (Å²) in [4.78, 5) is 11.0. The van der Waals surface area contributed by atoms with Crippen molar-refractivity contribution >= 4 is 5.78 Å². The van der Waals surface area contributed by atoms with Gasteiger partial charge in [-0.3, -0.25) is 0 Å². The number of phenolic OH excluding ortho intramolecular Hbond substituents is 1. The van der Waals surface area contributed by atoms with E-state index in [-0.39, 0.29) is 18.6 Å². The van der Waals surface area contributed by atoms with E-state index in [0.29, 0.717) is 12.2 Å². The van der Waals surface area contributed by atoms with Crippen LogP contribution in [0.2, 0.25) is 0 Å². The quantitative estimate of drug-likeness (QED) is 0.874. The highest BCUT2D eigenvalue weighted by Gasteiger charge is 2.20. The molecule has 1 N–H and O–H groups in total. The number of ketones is 1. The Morgan fingerprint density at radius 3 is 2.28 bits per heavy atom. The summed E-state index contributed by atoms with van der Waals surface area (Å²) in [6.07, 6.45) is 1.31. The van der Waals surface area contributed by atoms with Crippen LogP contribution in [0.1, 0.15) is 58.2 Å². The number of aromatic hydroxyl groups is 1. The fraction of sp³-hybridized carbons (Fsp3) is 0.562. The molecule has 1 aromatic rings. The lowest BCUT2D eigenvalue weighted by molar-refractivity contribution is -0.116. The number of rotatable bonds is 3. The van der Waals surface area contributed by atoms with Crippen molar-refractivity contribution in [2.24, 2.45) is 0 Å². The minimum Gasteiger partial charge on any atom is -0.507 e. The van der Waals surface area contributed by atoms with Crippen molar-refractivity contribution in [1.29, 1.82) is 0 Å². The summed E-state index contributed by atoms with van der Waals surface area (Å²) in [5.74, 6) is 0.581. The number of Topliss-reactive ketones (excluding diaryl/α,β-unsaturated/α-hetero) is 1. The van der Waals surface area contributed by atoms with Crippen LogP contribution in [-0.2, 0) is 16.6 Å². The predicted molar refractivity (Wildman–Crippen MR) is 77.3 cm³/mol. The van der Waals surface area contributed by atoms with Gasteiger partial charge in [0.1, 0.15) is 11.5 Å². The number of hydrogen-bond acceptors (Lipinski definition) is 2. The SMILES string of the molecule is C.CC(=O)CCc1cc(C)c(O)c(C(C)(C)C)c1. The molecular weight excluding hydrogens is 224 g/mol. The molecular formula is C16H26O2. The molecule has 2 nitrogen and oxygen atoms in total. The largest absolute Gasteiger partial charge is 0.507 e. The molecule has 0 spiro atoms. The van der Waals surface area contributed by atoms with E-state index in [2.05, 4.69) is 20.8 Å². The second kappa shape index (κ2) is 6.03. The first-order valence-electron chi connectivity index (χ1n) is 6.04. The average Bonchev–Trinajstić information content (AvgIpc) is 2.17. The first-order chi connectivity index (χ1) is 7.71. The Kier molecular flexibility index (Phi) is 5.59. The molecule has 18 heavy (non-hydrogen) atoms. The van der Waals surface area contributed by atoms with E-state index in [9.17, 15) is 9.90 Å². The molecule has 0 fully saturated rings. The maximum absolute atomic E-state index is 11.0. The molecule has 102 valence electrons. The molecule has 0 saturated heterocycles. The maximum Gasteiger partial charge on any atom is 0.130 e. The monoisotopic (exact) mass is 250 g/mol. The van der Waals surface area contributed by atoms with Crippen LogP contribution in [0.25, 0.3) is 0 Å². The summed E-state index contributed by atoms with van der Waals surface area (Å²) in [6.45, 7) is 9.75. The Hall–Kier alpha value is -1.31. The Labute approximate surface area is 111 Å². The number of aryl methyl sites for hydroxylation is 2. The Morgan fingerprint density at radius 2 is 1.83 bits per heavy atom. The summed E-state index contributed by atoms with van der Waals surface area (Å²) >= 11 is 0. The van der Waals surface area contributed by atoms with E-state index >= 15 is 0 Å². The normalized spacial score (nSPS) is 10.9. The van der Waals surface area contributed by atoms with Gasteiger partial charge in [0.2, 0.25) is 0 Å². The fourth-order valence-corrected chi connectivity index (χ4v) is 1.89. The lowest BCUT2D eigenvalue weighted by Crippen LogP contribution is -2.12. The fourth-order valence-electron chi connectivity index (χ4n) is 1.89. The van der Waals surface area contributed by atoms with Crippen molar-refractivity contribution in [3.05, 3.63) is 28.8 Å². The van der Waals surface area contributed by atoms with Crippen LogP contribution in [0.5, 0.6) is 5.75 Å². The van der Waals surface area contributed by atoms with E-state index in [1.165, 1.54) is 0 Å². The molecule has 0 saturated carbocycles. The summed E-state index contributed by atoms with van der Waals surface area (Å²) < 4.78 is 0. The predicted octanol–water partition coefficient (Wildman–Crippen LogP) is 4.16. The third-order valence-electron chi connectivity index (χ3n) is 2.93. The molecule has 0 aliphatic carbocycles. The van der Waals surface area contributed by atoms with Gasteiger partial charge in [-0.1, -0.05) is 40.3 Å². The number of benzene rings is 1. The average molecular weight is 250 g/mol. The molecule has 2 heteroatoms. The minimum atomic E-state index is -0.0823. The molecule has 0 amide bonds. The number of phenols is 1. The van der Waals surface area contributed by atoms with Gasteiger partial charge >= 0.3 is 0 Å². The molecule has 0 aliphatic rings. The zero-order chi connectivity index (χ0) is 13.2. The zero-order valence-electron chi connectivity index (χ0n) is 11.4. The molecule has 1 aromatic carbocycles. The first kappa shape index (κ1) is 16.7. The van der Waals surface area contributed by atoms with Gasteiger partial charge in [0.25, 0.3) is 0 Å². The Morgan fingerprint density at radius 1 is 1.28 bits per heavy atom. The van der Waals surface area contributed by atoms with Gasteiger partial charge in [-0.25, -0.2) is 0 Å². The van der Waals surface area contributed by atoms with Crippen molar-refractivity contribution in [2.75, 3.05) is 0 Å². The molecule has 0 aliphatic heterocycles. The van der Waals surface area contributed by atoms with E-state index in [0.717, 1.165) is 23.1 Å². The van der Waals surface area contributed by atoms with Crippen molar-refractivity contribution in [3.63, 3.8) is 0 Å². The molecule has 1 rings (SSSR count). The number of hydrogen-bond donors (Lipinski definition) is 1. The summed E-state index contributed by atoms with van der Waals surface area (Å²) in [5, 5.41) is 10.1. The van der Waals surface area contributed by atoms with Crippen LogP contribution in [-0.4, -0.2) is 10.9 Å². The molecule has 0 unspecified atom stereocenters.